The molecule has 0 aliphatic carbocycles. The zero-order valence-electron chi connectivity index (χ0n) is 20.5. The quantitative estimate of drug-likeness (QED) is 0.201. The molecule has 6 rings (SSSR count). The van der Waals surface area contributed by atoms with Crippen LogP contribution in [0.3, 0.4) is 0 Å². The largest absolute Gasteiger partial charge is 0.493 e. The highest BCUT2D eigenvalue weighted by atomic mass is 32.1. The van der Waals surface area contributed by atoms with Crippen LogP contribution in [-0.2, 0) is 6.54 Å². The lowest BCUT2D eigenvalue weighted by Crippen LogP contribution is -2.33. The minimum Gasteiger partial charge on any atom is -0.493 e. The number of fused-ring (bicyclic) bond motifs is 4. The number of amides is 1. The summed E-state index contributed by atoms with van der Waals surface area (Å²) in [4.78, 5) is 37.5. The molecule has 188 valence electrons. The van der Waals surface area contributed by atoms with Crippen LogP contribution >= 0.6 is 11.3 Å². The number of benzene rings is 3. The molecule has 6 aromatic rings. The van der Waals surface area contributed by atoms with Gasteiger partial charge in [0.05, 0.1) is 31.0 Å². The van der Waals surface area contributed by atoms with E-state index in [2.05, 4.69) is 4.98 Å². The number of rotatable bonds is 6. The SMILES string of the molecule is COc1cc2nc(N(Cc3cccnc3)C(=O)c3cc4c(ccc5ccccc54)oc3=O)sc2cc1OC. The molecule has 3 heterocycles. The maximum atomic E-state index is 14.0. The monoisotopic (exact) mass is 523 g/mol. The maximum Gasteiger partial charge on any atom is 0.349 e. The third-order valence-electron chi connectivity index (χ3n) is 6.29. The third-order valence-corrected chi connectivity index (χ3v) is 7.34. The summed E-state index contributed by atoms with van der Waals surface area (Å²) in [6.07, 6.45) is 3.34. The lowest BCUT2D eigenvalue weighted by atomic mass is 10.0. The number of carbonyl (C=O) groups excluding carboxylic acids is 1. The summed E-state index contributed by atoms with van der Waals surface area (Å²) in [5.74, 6) is 0.571. The third kappa shape index (κ3) is 4.12. The Labute approximate surface area is 220 Å². The van der Waals surface area contributed by atoms with Gasteiger partial charge in [-0.15, -0.1) is 0 Å². The second-order valence-electron chi connectivity index (χ2n) is 8.57. The van der Waals surface area contributed by atoms with Gasteiger partial charge < -0.3 is 13.9 Å². The number of aromatic nitrogens is 2. The van der Waals surface area contributed by atoms with Crippen LogP contribution in [-0.4, -0.2) is 30.1 Å². The molecule has 0 fully saturated rings. The summed E-state index contributed by atoms with van der Waals surface area (Å²) in [6, 6.07) is 20.2. The molecule has 0 N–H and O–H groups in total. The highest BCUT2D eigenvalue weighted by Gasteiger charge is 2.26. The molecule has 0 spiro atoms. The van der Waals surface area contributed by atoms with Crippen LogP contribution in [0, 0.1) is 0 Å². The summed E-state index contributed by atoms with van der Waals surface area (Å²) < 4.78 is 17.3. The van der Waals surface area contributed by atoms with Gasteiger partial charge >= 0.3 is 5.63 Å². The van der Waals surface area contributed by atoms with Crippen LogP contribution in [0.15, 0.2) is 88.3 Å². The normalized spacial score (nSPS) is 11.2. The van der Waals surface area contributed by atoms with E-state index in [4.69, 9.17) is 18.9 Å². The Kier molecular flexibility index (Phi) is 5.97. The average Bonchev–Trinajstić information content (AvgIpc) is 3.37. The Bertz CT molecular complexity index is 1840. The van der Waals surface area contributed by atoms with E-state index in [1.807, 2.05) is 42.5 Å². The molecule has 0 aliphatic heterocycles. The van der Waals surface area contributed by atoms with E-state index in [-0.39, 0.29) is 12.1 Å². The van der Waals surface area contributed by atoms with Crippen molar-refractivity contribution < 1.29 is 18.7 Å². The summed E-state index contributed by atoms with van der Waals surface area (Å²) in [7, 11) is 3.12. The second kappa shape index (κ2) is 9.60. The molecular formula is C29H21N3O5S. The molecule has 0 aliphatic rings. The van der Waals surface area contributed by atoms with E-state index < -0.39 is 11.5 Å². The Hall–Kier alpha value is -4.76. The fraction of sp³-hybridized carbons (Fsp3) is 0.103. The highest BCUT2D eigenvalue weighted by Crippen LogP contribution is 2.38. The first-order valence-corrected chi connectivity index (χ1v) is 12.6. The van der Waals surface area contributed by atoms with Gasteiger partial charge in [-0.05, 0) is 34.5 Å². The number of carbonyl (C=O) groups is 1. The summed E-state index contributed by atoms with van der Waals surface area (Å²) in [5.41, 5.74) is 1.06. The van der Waals surface area contributed by atoms with Crippen molar-refractivity contribution in [2.45, 2.75) is 6.54 Å². The van der Waals surface area contributed by atoms with Crippen LogP contribution in [0.1, 0.15) is 15.9 Å². The van der Waals surface area contributed by atoms with Crippen molar-refractivity contribution in [1.29, 1.82) is 0 Å². The number of methoxy groups -OCH3 is 2. The molecule has 8 nitrogen and oxygen atoms in total. The predicted molar refractivity (Wildman–Crippen MR) is 147 cm³/mol. The summed E-state index contributed by atoms with van der Waals surface area (Å²) in [5, 5.41) is 2.97. The van der Waals surface area contributed by atoms with Gasteiger partial charge in [0.15, 0.2) is 16.6 Å². The van der Waals surface area contributed by atoms with Crippen molar-refractivity contribution in [2.75, 3.05) is 19.1 Å². The van der Waals surface area contributed by atoms with Gasteiger partial charge in [0.1, 0.15) is 11.1 Å². The van der Waals surface area contributed by atoms with Crippen LogP contribution in [0.4, 0.5) is 5.13 Å². The average molecular weight is 524 g/mol. The number of thiazole rings is 1. The van der Waals surface area contributed by atoms with E-state index in [9.17, 15) is 9.59 Å². The van der Waals surface area contributed by atoms with Gasteiger partial charge in [-0.2, -0.15) is 0 Å². The molecule has 3 aromatic heterocycles. The van der Waals surface area contributed by atoms with E-state index in [0.717, 1.165) is 21.0 Å². The van der Waals surface area contributed by atoms with Gasteiger partial charge in [0.25, 0.3) is 5.91 Å². The molecule has 9 heteroatoms. The lowest BCUT2D eigenvalue weighted by molar-refractivity contribution is 0.0981. The molecule has 0 radical (unpaired) electrons. The van der Waals surface area contributed by atoms with Crippen LogP contribution in [0.2, 0.25) is 0 Å². The summed E-state index contributed by atoms with van der Waals surface area (Å²) >= 11 is 1.31. The number of pyridine rings is 1. The summed E-state index contributed by atoms with van der Waals surface area (Å²) in [6.45, 7) is 0.160. The Balaban J connectivity index is 1.51. The van der Waals surface area contributed by atoms with Gasteiger partial charge in [-0.3, -0.25) is 14.7 Å². The van der Waals surface area contributed by atoms with Gasteiger partial charge in [-0.25, -0.2) is 9.78 Å². The molecular weight excluding hydrogens is 502 g/mol. The van der Waals surface area contributed by atoms with Gasteiger partial charge in [0, 0.05) is 29.9 Å². The predicted octanol–water partition coefficient (Wildman–Crippen LogP) is 5.82. The number of hydrogen-bond acceptors (Lipinski definition) is 8. The molecule has 0 saturated carbocycles. The minimum atomic E-state index is -0.710. The Morgan fingerprint density at radius 1 is 0.974 bits per heavy atom. The highest BCUT2D eigenvalue weighted by molar-refractivity contribution is 7.22. The molecule has 0 atom stereocenters. The first kappa shape index (κ1) is 23.6. The van der Waals surface area contributed by atoms with Crippen molar-refractivity contribution >= 4 is 54.3 Å². The van der Waals surface area contributed by atoms with E-state index in [0.29, 0.717) is 33.1 Å². The zero-order chi connectivity index (χ0) is 26.2. The van der Waals surface area contributed by atoms with Crippen molar-refractivity contribution in [3.63, 3.8) is 0 Å². The minimum absolute atomic E-state index is 0.0767. The van der Waals surface area contributed by atoms with Crippen molar-refractivity contribution in [2.24, 2.45) is 0 Å². The van der Waals surface area contributed by atoms with E-state index in [1.165, 1.54) is 16.2 Å². The van der Waals surface area contributed by atoms with Crippen molar-refractivity contribution in [3.05, 3.63) is 101 Å². The number of ether oxygens (including phenoxy) is 2. The molecule has 3 aromatic carbocycles. The van der Waals surface area contributed by atoms with E-state index >= 15 is 0 Å². The van der Waals surface area contributed by atoms with Gasteiger partial charge in [-0.1, -0.05) is 47.7 Å². The standard InChI is InChI=1S/C29H21N3O5S/c1-35-24-13-22-26(14-25(24)36-2)38-29(31-22)32(16-17-6-5-11-30-15-17)27(33)21-12-20-19-8-4-3-7-18(19)9-10-23(20)37-28(21)34/h3-15H,16H2,1-2H3. The number of hydrogen-bond donors (Lipinski definition) is 0. The van der Waals surface area contributed by atoms with E-state index in [1.54, 1.807) is 50.9 Å². The smallest absolute Gasteiger partial charge is 0.349 e. The molecule has 0 unspecified atom stereocenters. The second-order valence-corrected chi connectivity index (χ2v) is 9.58. The molecule has 1 amide bonds. The topological polar surface area (TPSA) is 94.8 Å². The van der Waals surface area contributed by atoms with Crippen LogP contribution in [0.5, 0.6) is 11.5 Å². The molecule has 0 bridgehead atoms. The number of anilines is 1. The van der Waals surface area contributed by atoms with Crippen LogP contribution < -0.4 is 20.0 Å². The lowest BCUT2D eigenvalue weighted by Gasteiger charge is -2.19. The molecule has 0 saturated heterocycles. The number of nitrogens with zero attached hydrogens (tertiary/aromatic N) is 3. The first-order valence-electron chi connectivity index (χ1n) is 11.7. The van der Waals surface area contributed by atoms with Crippen molar-refractivity contribution in [3.8, 4) is 11.5 Å². The molecule has 38 heavy (non-hydrogen) atoms. The fourth-order valence-corrected chi connectivity index (χ4v) is 5.40. The fourth-order valence-electron chi connectivity index (χ4n) is 4.42. The Morgan fingerprint density at radius 2 is 1.79 bits per heavy atom. The first-order chi connectivity index (χ1) is 18.6. The zero-order valence-corrected chi connectivity index (χ0v) is 21.3. The van der Waals surface area contributed by atoms with Crippen molar-refractivity contribution in [1.82, 2.24) is 9.97 Å². The van der Waals surface area contributed by atoms with Gasteiger partial charge in [0.2, 0.25) is 0 Å². The van der Waals surface area contributed by atoms with Crippen LogP contribution in [0.25, 0.3) is 32.0 Å². The maximum absolute atomic E-state index is 14.0. The Morgan fingerprint density at radius 3 is 2.58 bits per heavy atom.